The van der Waals surface area contributed by atoms with E-state index in [1.807, 2.05) is 0 Å². The summed E-state index contributed by atoms with van der Waals surface area (Å²) in [6.45, 7) is 7.08. The Morgan fingerprint density at radius 2 is 2.14 bits per heavy atom. The summed E-state index contributed by atoms with van der Waals surface area (Å²) in [5.41, 5.74) is 3.61. The van der Waals surface area contributed by atoms with Crippen LogP contribution in [0.3, 0.4) is 0 Å². The molecule has 1 aliphatic heterocycles. The van der Waals surface area contributed by atoms with Gasteiger partial charge in [-0.05, 0) is 41.8 Å². The van der Waals surface area contributed by atoms with Crippen molar-refractivity contribution in [3.63, 3.8) is 0 Å². The maximum Gasteiger partial charge on any atom is 0.00146 e. The first-order valence-corrected chi connectivity index (χ1v) is 5.50. The van der Waals surface area contributed by atoms with Gasteiger partial charge in [-0.3, -0.25) is 0 Å². The Bertz CT molecular complexity index is 371. The highest BCUT2D eigenvalue weighted by atomic mass is 15.0. The summed E-state index contributed by atoms with van der Waals surface area (Å²) in [5.74, 6) is 1.72. The SMILES string of the molecule is Cc1ccccc1C1C2CNCC21C. The average Bonchev–Trinajstić information content (AvgIpc) is 2.55. The second kappa shape index (κ2) is 2.60. The highest BCUT2D eigenvalue weighted by molar-refractivity contribution is 5.39. The molecule has 1 heterocycles. The van der Waals surface area contributed by atoms with E-state index in [-0.39, 0.29) is 0 Å². The third-order valence-electron chi connectivity index (χ3n) is 4.24. The standard InChI is InChI=1S/C13H17N/c1-9-5-3-4-6-10(9)12-11-7-14-8-13(11,12)2/h3-6,11-12,14H,7-8H2,1-2H3. The second-order valence-corrected chi connectivity index (χ2v) is 5.08. The van der Waals surface area contributed by atoms with Crippen LogP contribution in [0.1, 0.15) is 24.0 Å². The Labute approximate surface area is 85.5 Å². The molecule has 2 aliphatic rings. The smallest absolute Gasteiger partial charge is 0.00146 e. The van der Waals surface area contributed by atoms with Gasteiger partial charge in [-0.15, -0.1) is 0 Å². The average molecular weight is 187 g/mol. The van der Waals surface area contributed by atoms with Gasteiger partial charge in [-0.2, -0.15) is 0 Å². The van der Waals surface area contributed by atoms with E-state index in [0.29, 0.717) is 5.41 Å². The Balaban J connectivity index is 1.96. The fourth-order valence-corrected chi connectivity index (χ4v) is 3.26. The van der Waals surface area contributed by atoms with Gasteiger partial charge in [-0.25, -0.2) is 0 Å². The zero-order valence-electron chi connectivity index (χ0n) is 8.88. The van der Waals surface area contributed by atoms with E-state index in [9.17, 15) is 0 Å². The predicted molar refractivity (Wildman–Crippen MR) is 58.4 cm³/mol. The van der Waals surface area contributed by atoms with E-state index in [2.05, 4.69) is 43.4 Å². The molecule has 1 saturated carbocycles. The third-order valence-corrected chi connectivity index (χ3v) is 4.24. The lowest BCUT2D eigenvalue weighted by atomic mass is 9.97. The summed E-state index contributed by atoms with van der Waals surface area (Å²) in [6, 6.07) is 8.86. The lowest BCUT2D eigenvalue weighted by Crippen LogP contribution is -2.18. The number of rotatable bonds is 1. The van der Waals surface area contributed by atoms with Crippen LogP contribution in [-0.4, -0.2) is 13.1 Å². The lowest BCUT2D eigenvalue weighted by Gasteiger charge is -2.11. The van der Waals surface area contributed by atoms with Gasteiger partial charge in [0.25, 0.3) is 0 Å². The molecule has 74 valence electrons. The van der Waals surface area contributed by atoms with Crippen molar-refractivity contribution in [3.05, 3.63) is 35.4 Å². The molecule has 3 rings (SSSR count). The van der Waals surface area contributed by atoms with E-state index >= 15 is 0 Å². The van der Waals surface area contributed by atoms with Gasteiger partial charge >= 0.3 is 0 Å². The number of aryl methyl sites for hydroxylation is 1. The number of benzene rings is 1. The van der Waals surface area contributed by atoms with Crippen LogP contribution in [0.5, 0.6) is 0 Å². The van der Waals surface area contributed by atoms with Crippen LogP contribution in [0.25, 0.3) is 0 Å². The molecule has 0 amide bonds. The van der Waals surface area contributed by atoms with Gasteiger partial charge < -0.3 is 5.32 Å². The van der Waals surface area contributed by atoms with E-state index in [1.165, 1.54) is 18.7 Å². The molecule has 1 heteroatoms. The van der Waals surface area contributed by atoms with Gasteiger partial charge in [0.2, 0.25) is 0 Å². The molecule has 2 fully saturated rings. The van der Waals surface area contributed by atoms with Crippen molar-refractivity contribution >= 4 is 0 Å². The fourth-order valence-electron chi connectivity index (χ4n) is 3.26. The number of nitrogens with one attached hydrogen (secondary N) is 1. The number of hydrogen-bond acceptors (Lipinski definition) is 1. The van der Waals surface area contributed by atoms with Gasteiger partial charge in [0.15, 0.2) is 0 Å². The highest BCUT2D eigenvalue weighted by Crippen LogP contribution is 2.66. The molecule has 1 aliphatic carbocycles. The van der Waals surface area contributed by atoms with Gasteiger partial charge in [0.1, 0.15) is 0 Å². The van der Waals surface area contributed by atoms with Crippen LogP contribution in [-0.2, 0) is 0 Å². The molecule has 1 saturated heterocycles. The maximum absolute atomic E-state index is 3.48. The van der Waals surface area contributed by atoms with Crippen molar-refractivity contribution in [3.8, 4) is 0 Å². The van der Waals surface area contributed by atoms with Gasteiger partial charge in [0.05, 0.1) is 0 Å². The minimum atomic E-state index is 0.562. The number of fused-ring (bicyclic) bond motifs is 1. The van der Waals surface area contributed by atoms with Crippen molar-refractivity contribution in [1.29, 1.82) is 0 Å². The molecule has 1 aromatic rings. The number of piperidine rings is 1. The summed E-state index contributed by atoms with van der Waals surface area (Å²) in [7, 11) is 0. The zero-order valence-corrected chi connectivity index (χ0v) is 8.88. The van der Waals surface area contributed by atoms with Crippen LogP contribution in [0.15, 0.2) is 24.3 Å². The van der Waals surface area contributed by atoms with E-state index in [0.717, 1.165) is 11.8 Å². The molecule has 1 aromatic carbocycles. The summed E-state index contributed by atoms with van der Waals surface area (Å²) in [4.78, 5) is 0. The minimum absolute atomic E-state index is 0.562. The molecular weight excluding hydrogens is 170 g/mol. The van der Waals surface area contributed by atoms with Gasteiger partial charge in [-0.1, -0.05) is 31.2 Å². The largest absolute Gasteiger partial charge is 0.316 e. The molecule has 14 heavy (non-hydrogen) atoms. The highest BCUT2D eigenvalue weighted by Gasteiger charge is 2.63. The summed E-state index contributed by atoms with van der Waals surface area (Å²) in [6.07, 6.45) is 0. The third kappa shape index (κ3) is 0.936. The molecule has 3 unspecified atom stereocenters. The van der Waals surface area contributed by atoms with Crippen molar-refractivity contribution in [2.75, 3.05) is 13.1 Å². The lowest BCUT2D eigenvalue weighted by molar-refractivity contribution is 0.548. The van der Waals surface area contributed by atoms with Crippen molar-refractivity contribution < 1.29 is 0 Å². The normalized spacial score (nSPS) is 39.6. The Morgan fingerprint density at radius 3 is 2.79 bits per heavy atom. The molecule has 0 spiro atoms. The molecule has 0 bridgehead atoms. The van der Waals surface area contributed by atoms with Crippen molar-refractivity contribution in [2.24, 2.45) is 11.3 Å². The molecule has 0 aromatic heterocycles. The van der Waals surface area contributed by atoms with Crippen LogP contribution in [0.4, 0.5) is 0 Å². The molecule has 3 atom stereocenters. The van der Waals surface area contributed by atoms with Crippen molar-refractivity contribution in [2.45, 2.75) is 19.8 Å². The first kappa shape index (κ1) is 8.49. The molecule has 0 radical (unpaired) electrons. The topological polar surface area (TPSA) is 12.0 Å². The first-order valence-electron chi connectivity index (χ1n) is 5.50. The molecule has 1 N–H and O–H groups in total. The maximum atomic E-state index is 3.48. The van der Waals surface area contributed by atoms with E-state index in [1.54, 1.807) is 5.56 Å². The molecular formula is C13H17N. The van der Waals surface area contributed by atoms with Crippen LogP contribution >= 0.6 is 0 Å². The van der Waals surface area contributed by atoms with E-state index in [4.69, 9.17) is 0 Å². The monoisotopic (exact) mass is 187 g/mol. The predicted octanol–water partition coefficient (Wildman–Crippen LogP) is 2.32. The zero-order chi connectivity index (χ0) is 9.76. The Kier molecular flexibility index (Phi) is 1.58. The van der Waals surface area contributed by atoms with Crippen LogP contribution < -0.4 is 5.32 Å². The van der Waals surface area contributed by atoms with Crippen LogP contribution in [0.2, 0.25) is 0 Å². The fraction of sp³-hybridized carbons (Fsp3) is 0.538. The summed E-state index contributed by atoms with van der Waals surface area (Å²) in [5, 5.41) is 3.48. The number of hydrogen-bond donors (Lipinski definition) is 1. The minimum Gasteiger partial charge on any atom is -0.316 e. The Morgan fingerprint density at radius 1 is 1.36 bits per heavy atom. The van der Waals surface area contributed by atoms with Crippen LogP contribution in [0, 0.1) is 18.3 Å². The van der Waals surface area contributed by atoms with Crippen molar-refractivity contribution in [1.82, 2.24) is 5.32 Å². The van der Waals surface area contributed by atoms with E-state index < -0.39 is 0 Å². The Hall–Kier alpha value is -0.820. The molecule has 1 nitrogen and oxygen atoms in total. The quantitative estimate of drug-likeness (QED) is 0.711. The van der Waals surface area contributed by atoms with Gasteiger partial charge in [0, 0.05) is 6.54 Å². The summed E-state index contributed by atoms with van der Waals surface area (Å²) < 4.78 is 0. The second-order valence-electron chi connectivity index (χ2n) is 5.08. The summed E-state index contributed by atoms with van der Waals surface area (Å²) >= 11 is 0. The first-order chi connectivity index (χ1) is 6.73.